The summed E-state index contributed by atoms with van der Waals surface area (Å²) in [7, 11) is 0.714. The largest absolute Gasteiger partial charge is 0.494 e. The molecule has 4 heterocycles. The maximum Gasteiger partial charge on any atom is 0.362 e. The van der Waals surface area contributed by atoms with Gasteiger partial charge < -0.3 is 39.5 Å². The van der Waals surface area contributed by atoms with Crippen molar-refractivity contribution in [2.45, 2.75) is 57.2 Å². The fraction of sp³-hybridized carbons (Fsp3) is 0.357. The standard InChI is InChI=1S/C42H46ClN8O7P/c1-56-36-24-30(13-15-33(36)47-42-45-25-32(43)39(49-42)46-34-10-6-7-11-37(34)59(55,57-2)58-3)50-21-18-29(19-22-50)44-20-8-4-5-9-27-12-14-31-28(23-27)26-51(41(31)54)35-16-17-38(52)48-40(35)53/h6-7,10-15,23-25,29,35,44H,4,8,16-22,26H2,1-3H3,(H,48,52,53)(H2,45,46,47,49). The summed E-state index contributed by atoms with van der Waals surface area (Å²) in [4.78, 5) is 49.7. The number of imide groups is 1. The van der Waals surface area contributed by atoms with E-state index in [9.17, 15) is 18.9 Å². The maximum absolute atomic E-state index is 13.2. The van der Waals surface area contributed by atoms with E-state index in [0.717, 1.165) is 62.1 Å². The molecule has 59 heavy (non-hydrogen) atoms. The van der Waals surface area contributed by atoms with Crippen molar-refractivity contribution in [2.75, 3.05) is 56.5 Å². The van der Waals surface area contributed by atoms with Crippen LogP contribution in [0.5, 0.6) is 5.75 Å². The number of hydrogen-bond donors (Lipinski definition) is 4. The number of fused-ring (bicyclic) bond motifs is 1. The normalized spacial score (nSPS) is 16.9. The number of halogens is 1. The minimum Gasteiger partial charge on any atom is -0.494 e. The number of nitrogens with one attached hydrogen (secondary N) is 4. The van der Waals surface area contributed by atoms with Gasteiger partial charge in [-0.25, -0.2) is 4.98 Å². The number of para-hydroxylation sites is 1. The van der Waals surface area contributed by atoms with Crippen molar-refractivity contribution >= 4 is 71.1 Å². The van der Waals surface area contributed by atoms with Gasteiger partial charge in [0.25, 0.3) is 5.91 Å². The Morgan fingerprint density at radius 3 is 2.53 bits per heavy atom. The first-order valence-electron chi connectivity index (χ1n) is 19.4. The molecule has 15 nitrogen and oxygen atoms in total. The molecular formula is C42H46ClN8O7P. The molecule has 1 unspecified atom stereocenters. The van der Waals surface area contributed by atoms with Gasteiger partial charge in [-0.1, -0.05) is 35.6 Å². The van der Waals surface area contributed by atoms with E-state index in [1.54, 1.807) is 42.3 Å². The zero-order valence-corrected chi connectivity index (χ0v) is 34.7. The third-order valence-electron chi connectivity index (χ3n) is 10.6. The molecule has 3 aliphatic rings. The number of unbranched alkanes of at least 4 members (excludes halogenated alkanes) is 1. The fourth-order valence-corrected chi connectivity index (χ4v) is 8.85. The van der Waals surface area contributed by atoms with E-state index < -0.39 is 19.5 Å². The summed E-state index contributed by atoms with van der Waals surface area (Å²) in [6.45, 7) is 2.99. The molecule has 0 radical (unpaired) electrons. The van der Waals surface area contributed by atoms with Gasteiger partial charge in [-0.15, -0.1) is 0 Å². The highest BCUT2D eigenvalue weighted by Gasteiger charge is 2.39. The number of methoxy groups -OCH3 is 1. The first kappa shape index (κ1) is 41.7. The molecular weight excluding hydrogens is 795 g/mol. The summed E-state index contributed by atoms with van der Waals surface area (Å²) >= 11 is 6.46. The lowest BCUT2D eigenvalue weighted by Gasteiger charge is -2.34. The number of rotatable bonds is 14. The lowest BCUT2D eigenvalue weighted by atomic mass is 10.0. The minimum absolute atomic E-state index is 0.184. The number of carbonyl (C=O) groups is 3. The lowest BCUT2D eigenvalue weighted by molar-refractivity contribution is -0.136. The van der Waals surface area contributed by atoms with Gasteiger partial charge in [0.05, 0.1) is 30.0 Å². The second kappa shape index (κ2) is 18.6. The molecule has 4 aromatic rings. The molecule has 0 bridgehead atoms. The van der Waals surface area contributed by atoms with Crippen molar-refractivity contribution in [3.05, 3.63) is 88.6 Å². The first-order valence-corrected chi connectivity index (χ1v) is 21.3. The predicted octanol–water partition coefficient (Wildman–Crippen LogP) is 5.89. The van der Waals surface area contributed by atoms with E-state index in [1.165, 1.54) is 20.4 Å². The number of carbonyl (C=O) groups excluding carboxylic acids is 3. The van der Waals surface area contributed by atoms with Crippen molar-refractivity contribution in [3.63, 3.8) is 0 Å². The van der Waals surface area contributed by atoms with Gasteiger partial charge in [-0.3, -0.25) is 24.3 Å². The van der Waals surface area contributed by atoms with Crippen molar-refractivity contribution in [2.24, 2.45) is 0 Å². The van der Waals surface area contributed by atoms with Crippen molar-refractivity contribution in [3.8, 4) is 17.6 Å². The van der Waals surface area contributed by atoms with E-state index in [1.807, 2.05) is 30.3 Å². The van der Waals surface area contributed by atoms with Crippen LogP contribution in [0.25, 0.3) is 0 Å². The predicted molar refractivity (Wildman–Crippen MR) is 226 cm³/mol. The van der Waals surface area contributed by atoms with Crippen LogP contribution in [0.2, 0.25) is 5.02 Å². The Kier molecular flexibility index (Phi) is 13.1. The van der Waals surface area contributed by atoms with E-state index in [-0.39, 0.29) is 29.2 Å². The quantitative estimate of drug-likeness (QED) is 0.0513. The van der Waals surface area contributed by atoms with E-state index >= 15 is 0 Å². The molecule has 0 aliphatic carbocycles. The summed E-state index contributed by atoms with van der Waals surface area (Å²) in [5, 5.41) is 13.0. The van der Waals surface area contributed by atoms with Crippen LogP contribution in [-0.4, -0.2) is 85.6 Å². The highest BCUT2D eigenvalue weighted by molar-refractivity contribution is 7.62. The van der Waals surface area contributed by atoms with Crippen LogP contribution in [0.15, 0.2) is 66.9 Å². The molecule has 1 atom stereocenters. The third-order valence-corrected chi connectivity index (χ3v) is 12.9. The van der Waals surface area contributed by atoms with Crippen LogP contribution in [0.4, 0.5) is 28.8 Å². The summed E-state index contributed by atoms with van der Waals surface area (Å²) in [5.41, 5.74) is 4.47. The monoisotopic (exact) mass is 840 g/mol. The zero-order chi connectivity index (χ0) is 41.5. The second-order valence-corrected chi connectivity index (χ2v) is 16.9. The second-order valence-electron chi connectivity index (χ2n) is 14.3. The van der Waals surface area contributed by atoms with E-state index in [2.05, 4.69) is 48.0 Å². The number of ether oxygens (including phenoxy) is 1. The fourth-order valence-electron chi connectivity index (χ4n) is 7.47. The number of nitrogens with zero attached hydrogens (tertiary/aromatic N) is 4. The average molecular weight is 841 g/mol. The Morgan fingerprint density at radius 1 is 0.966 bits per heavy atom. The third kappa shape index (κ3) is 9.54. The number of aromatic nitrogens is 2. The van der Waals surface area contributed by atoms with E-state index in [0.29, 0.717) is 52.8 Å². The Balaban J connectivity index is 0.871. The molecule has 0 saturated carbocycles. The highest BCUT2D eigenvalue weighted by Crippen LogP contribution is 2.47. The Bertz CT molecular complexity index is 2340. The summed E-state index contributed by atoms with van der Waals surface area (Å²) in [5.74, 6) is 6.80. The summed E-state index contributed by atoms with van der Waals surface area (Å²) < 4.78 is 29.3. The van der Waals surface area contributed by atoms with E-state index in [4.69, 9.17) is 25.4 Å². The molecule has 308 valence electrons. The van der Waals surface area contributed by atoms with Gasteiger partial charge in [-0.2, -0.15) is 4.98 Å². The summed E-state index contributed by atoms with van der Waals surface area (Å²) in [6.07, 6.45) is 5.70. The Morgan fingerprint density at radius 2 is 1.76 bits per heavy atom. The molecule has 7 rings (SSSR count). The van der Waals surface area contributed by atoms with Gasteiger partial charge >= 0.3 is 7.60 Å². The zero-order valence-electron chi connectivity index (χ0n) is 33.0. The first-order chi connectivity index (χ1) is 28.6. The van der Waals surface area contributed by atoms with Crippen LogP contribution in [0, 0.1) is 11.8 Å². The van der Waals surface area contributed by atoms with Gasteiger partial charge in [0, 0.05) is 75.6 Å². The molecule has 4 N–H and O–H groups in total. The van der Waals surface area contributed by atoms with Gasteiger partial charge in [-0.05, 0) is 80.3 Å². The van der Waals surface area contributed by atoms with Crippen LogP contribution in [-0.2, 0) is 29.7 Å². The van der Waals surface area contributed by atoms with Gasteiger partial charge in [0.1, 0.15) is 16.8 Å². The summed E-state index contributed by atoms with van der Waals surface area (Å²) in [6, 6.07) is 18.2. The molecule has 3 amide bonds. The molecule has 17 heteroatoms. The molecule has 3 aliphatic heterocycles. The molecule has 0 spiro atoms. The van der Waals surface area contributed by atoms with Crippen LogP contribution < -0.4 is 36.2 Å². The molecule has 1 aromatic heterocycles. The SMILES string of the molecule is COc1cc(N2CCC(NCCCC#Cc3ccc4c(c3)CN(C3CCC(=O)NC3=O)C4=O)CC2)ccc1Nc1ncc(Cl)c(Nc2ccccc2P(=O)(OC)OC)n1. The number of benzene rings is 3. The minimum atomic E-state index is -3.56. The average Bonchev–Trinajstić information content (AvgIpc) is 3.58. The number of hydrogen-bond acceptors (Lipinski definition) is 13. The smallest absolute Gasteiger partial charge is 0.362 e. The Hall–Kier alpha value is -5.49. The lowest BCUT2D eigenvalue weighted by Crippen LogP contribution is -2.52. The van der Waals surface area contributed by atoms with Crippen LogP contribution in [0.1, 0.15) is 60.0 Å². The number of anilines is 5. The van der Waals surface area contributed by atoms with Gasteiger partial charge in [0.2, 0.25) is 17.8 Å². The topological polar surface area (TPSA) is 176 Å². The van der Waals surface area contributed by atoms with Crippen molar-refractivity contribution in [1.29, 1.82) is 0 Å². The van der Waals surface area contributed by atoms with Crippen LogP contribution in [0.3, 0.4) is 0 Å². The molecule has 2 saturated heterocycles. The Labute approximate surface area is 348 Å². The van der Waals surface area contributed by atoms with Crippen LogP contribution >= 0.6 is 19.2 Å². The number of piperidine rings is 2. The highest BCUT2D eigenvalue weighted by atomic mass is 35.5. The van der Waals surface area contributed by atoms with Gasteiger partial charge in [0.15, 0.2) is 5.82 Å². The van der Waals surface area contributed by atoms with Crippen molar-refractivity contribution in [1.82, 2.24) is 25.5 Å². The molecule has 3 aromatic carbocycles. The van der Waals surface area contributed by atoms with Crippen molar-refractivity contribution < 1.29 is 32.7 Å². The maximum atomic E-state index is 13.2. The molecule has 2 fully saturated rings. The number of amides is 3.